The fourth-order valence-corrected chi connectivity index (χ4v) is 1.75. The molecule has 1 fully saturated rings. The molecule has 0 aromatic rings. The van der Waals surface area contributed by atoms with E-state index in [1.807, 2.05) is 0 Å². The van der Waals surface area contributed by atoms with Crippen LogP contribution < -0.4 is 5.32 Å². The Labute approximate surface area is 88.4 Å². The van der Waals surface area contributed by atoms with Crippen molar-refractivity contribution in [2.75, 3.05) is 20.3 Å². The summed E-state index contributed by atoms with van der Waals surface area (Å²) in [6.07, 6.45) is 5.38. The van der Waals surface area contributed by atoms with E-state index in [1.54, 1.807) is 7.11 Å². The first kappa shape index (κ1) is 12.0. The lowest BCUT2D eigenvalue weighted by molar-refractivity contribution is 0.165. The molecule has 0 bridgehead atoms. The first-order chi connectivity index (χ1) is 6.74. The van der Waals surface area contributed by atoms with Gasteiger partial charge in [-0.2, -0.15) is 0 Å². The Morgan fingerprint density at radius 3 is 2.50 bits per heavy atom. The standard InChI is InChI=1S/C12H25NO/c1-10(7-8-14-3)11(2)9-13-12-5-4-6-12/h10-13H,4-9H2,1-3H3. The summed E-state index contributed by atoms with van der Waals surface area (Å²) >= 11 is 0. The van der Waals surface area contributed by atoms with Crippen LogP contribution in [0.25, 0.3) is 0 Å². The smallest absolute Gasteiger partial charge is 0.0464 e. The SMILES string of the molecule is COCCC(C)C(C)CNC1CCC1. The summed E-state index contributed by atoms with van der Waals surface area (Å²) in [5.74, 6) is 1.54. The van der Waals surface area contributed by atoms with Crippen LogP contribution in [0.15, 0.2) is 0 Å². The molecule has 0 radical (unpaired) electrons. The van der Waals surface area contributed by atoms with E-state index in [0.717, 1.165) is 24.5 Å². The van der Waals surface area contributed by atoms with Crippen LogP contribution in [0, 0.1) is 11.8 Å². The Balaban J connectivity index is 2.03. The molecule has 0 aliphatic heterocycles. The maximum absolute atomic E-state index is 5.10. The molecule has 0 spiro atoms. The predicted molar refractivity (Wildman–Crippen MR) is 60.5 cm³/mol. The summed E-state index contributed by atoms with van der Waals surface area (Å²) in [6, 6.07) is 0.826. The van der Waals surface area contributed by atoms with Gasteiger partial charge in [0.15, 0.2) is 0 Å². The van der Waals surface area contributed by atoms with Crippen LogP contribution in [0.1, 0.15) is 39.5 Å². The zero-order valence-electron chi connectivity index (χ0n) is 9.88. The van der Waals surface area contributed by atoms with E-state index in [4.69, 9.17) is 4.74 Å². The Hall–Kier alpha value is -0.0800. The average Bonchev–Trinajstić information content (AvgIpc) is 2.11. The molecule has 0 aromatic carbocycles. The minimum atomic E-state index is 0.766. The van der Waals surface area contributed by atoms with Crippen LogP contribution in [-0.4, -0.2) is 26.3 Å². The van der Waals surface area contributed by atoms with Gasteiger partial charge in [0.05, 0.1) is 0 Å². The minimum Gasteiger partial charge on any atom is -0.385 e. The Bertz CT molecular complexity index is 145. The van der Waals surface area contributed by atoms with Crippen LogP contribution in [0.4, 0.5) is 0 Å². The van der Waals surface area contributed by atoms with E-state index in [1.165, 1.54) is 32.2 Å². The zero-order valence-corrected chi connectivity index (χ0v) is 9.88. The van der Waals surface area contributed by atoms with Crippen molar-refractivity contribution in [3.8, 4) is 0 Å². The third kappa shape index (κ3) is 3.97. The highest BCUT2D eigenvalue weighted by molar-refractivity contribution is 4.77. The lowest BCUT2D eigenvalue weighted by atomic mass is 9.90. The van der Waals surface area contributed by atoms with E-state index >= 15 is 0 Å². The Kier molecular flexibility index (Phi) is 5.49. The Morgan fingerprint density at radius 2 is 2.00 bits per heavy atom. The lowest BCUT2D eigenvalue weighted by Crippen LogP contribution is -2.38. The van der Waals surface area contributed by atoms with Crippen molar-refractivity contribution in [2.24, 2.45) is 11.8 Å². The highest BCUT2D eigenvalue weighted by atomic mass is 16.5. The largest absolute Gasteiger partial charge is 0.385 e. The van der Waals surface area contributed by atoms with Crippen molar-refractivity contribution >= 4 is 0 Å². The van der Waals surface area contributed by atoms with Crippen LogP contribution in [0.3, 0.4) is 0 Å². The summed E-state index contributed by atoms with van der Waals surface area (Å²) in [6.45, 7) is 6.74. The lowest BCUT2D eigenvalue weighted by Gasteiger charge is -2.29. The van der Waals surface area contributed by atoms with Gasteiger partial charge < -0.3 is 10.1 Å². The second-order valence-corrected chi connectivity index (χ2v) is 4.77. The van der Waals surface area contributed by atoms with Crippen LogP contribution in [0.2, 0.25) is 0 Å². The number of nitrogens with one attached hydrogen (secondary N) is 1. The number of methoxy groups -OCH3 is 1. The van der Waals surface area contributed by atoms with E-state index in [2.05, 4.69) is 19.2 Å². The minimum absolute atomic E-state index is 0.766. The highest BCUT2D eigenvalue weighted by Gasteiger charge is 2.18. The second-order valence-electron chi connectivity index (χ2n) is 4.77. The second kappa shape index (κ2) is 6.41. The molecule has 2 heteroatoms. The van der Waals surface area contributed by atoms with E-state index in [-0.39, 0.29) is 0 Å². The third-order valence-electron chi connectivity index (χ3n) is 3.58. The topological polar surface area (TPSA) is 21.3 Å². The van der Waals surface area contributed by atoms with Crippen LogP contribution in [0.5, 0.6) is 0 Å². The van der Waals surface area contributed by atoms with E-state index in [0.29, 0.717) is 0 Å². The number of ether oxygens (including phenoxy) is 1. The summed E-state index contributed by atoms with van der Waals surface area (Å²) in [5, 5.41) is 3.64. The summed E-state index contributed by atoms with van der Waals surface area (Å²) < 4.78 is 5.10. The molecule has 2 unspecified atom stereocenters. The molecular weight excluding hydrogens is 174 g/mol. The average molecular weight is 199 g/mol. The van der Waals surface area contributed by atoms with Gasteiger partial charge in [0.1, 0.15) is 0 Å². The monoisotopic (exact) mass is 199 g/mol. The third-order valence-corrected chi connectivity index (χ3v) is 3.58. The molecule has 2 nitrogen and oxygen atoms in total. The normalized spacial score (nSPS) is 21.6. The molecule has 0 amide bonds. The summed E-state index contributed by atoms with van der Waals surface area (Å²) in [7, 11) is 1.78. The van der Waals surface area contributed by atoms with Gasteiger partial charge in [-0.1, -0.05) is 20.3 Å². The first-order valence-electron chi connectivity index (χ1n) is 5.96. The highest BCUT2D eigenvalue weighted by Crippen LogP contribution is 2.20. The number of hydrogen-bond donors (Lipinski definition) is 1. The van der Waals surface area contributed by atoms with Crippen molar-refractivity contribution in [1.29, 1.82) is 0 Å². The van der Waals surface area contributed by atoms with Gasteiger partial charge in [0, 0.05) is 19.8 Å². The van der Waals surface area contributed by atoms with Crippen LogP contribution in [-0.2, 0) is 4.74 Å². The van der Waals surface area contributed by atoms with Gasteiger partial charge in [-0.25, -0.2) is 0 Å². The molecule has 0 heterocycles. The predicted octanol–water partition coefficient (Wildman–Crippen LogP) is 2.44. The van der Waals surface area contributed by atoms with E-state index in [9.17, 15) is 0 Å². The molecule has 0 saturated heterocycles. The first-order valence-corrected chi connectivity index (χ1v) is 5.96. The molecule has 1 aliphatic rings. The van der Waals surface area contributed by atoms with Crippen molar-refractivity contribution in [2.45, 2.75) is 45.6 Å². The molecule has 1 saturated carbocycles. The molecule has 2 atom stereocenters. The van der Waals surface area contributed by atoms with Gasteiger partial charge in [-0.3, -0.25) is 0 Å². The van der Waals surface area contributed by atoms with Gasteiger partial charge in [-0.15, -0.1) is 0 Å². The fourth-order valence-electron chi connectivity index (χ4n) is 1.75. The zero-order chi connectivity index (χ0) is 10.4. The molecule has 1 rings (SSSR count). The van der Waals surface area contributed by atoms with Gasteiger partial charge in [-0.05, 0) is 37.6 Å². The quantitative estimate of drug-likeness (QED) is 0.680. The Morgan fingerprint density at radius 1 is 1.29 bits per heavy atom. The summed E-state index contributed by atoms with van der Waals surface area (Å²) in [4.78, 5) is 0. The van der Waals surface area contributed by atoms with E-state index < -0.39 is 0 Å². The molecule has 14 heavy (non-hydrogen) atoms. The van der Waals surface area contributed by atoms with Crippen molar-refractivity contribution < 1.29 is 4.74 Å². The van der Waals surface area contributed by atoms with Gasteiger partial charge in [0.25, 0.3) is 0 Å². The summed E-state index contributed by atoms with van der Waals surface area (Å²) in [5.41, 5.74) is 0. The molecule has 1 N–H and O–H groups in total. The van der Waals surface area contributed by atoms with Crippen molar-refractivity contribution in [3.63, 3.8) is 0 Å². The maximum Gasteiger partial charge on any atom is 0.0464 e. The van der Waals surface area contributed by atoms with Gasteiger partial charge >= 0.3 is 0 Å². The maximum atomic E-state index is 5.10. The fraction of sp³-hybridized carbons (Fsp3) is 1.00. The number of rotatable bonds is 7. The molecular formula is C12H25NO. The van der Waals surface area contributed by atoms with Gasteiger partial charge in [0.2, 0.25) is 0 Å². The molecule has 84 valence electrons. The van der Waals surface area contributed by atoms with Crippen molar-refractivity contribution in [3.05, 3.63) is 0 Å². The molecule has 0 aromatic heterocycles. The molecule has 1 aliphatic carbocycles. The van der Waals surface area contributed by atoms with Crippen molar-refractivity contribution in [1.82, 2.24) is 5.32 Å². The van der Waals surface area contributed by atoms with Crippen LogP contribution >= 0.6 is 0 Å². The number of hydrogen-bond acceptors (Lipinski definition) is 2.